The summed E-state index contributed by atoms with van der Waals surface area (Å²) in [6.45, 7) is 4.19. The van der Waals surface area contributed by atoms with Gasteiger partial charge in [0.15, 0.2) is 0 Å². The molecule has 102 valence electrons. The van der Waals surface area contributed by atoms with Crippen LogP contribution in [-0.2, 0) is 6.42 Å². The van der Waals surface area contributed by atoms with Crippen molar-refractivity contribution in [3.8, 4) is 0 Å². The number of furan rings is 1. The molecule has 2 heterocycles. The van der Waals surface area contributed by atoms with E-state index in [0.717, 1.165) is 24.3 Å². The zero-order valence-corrected chi connectivity index (χ0v) is 11.3. The Hall–Kier alpha value is -1.68. The molecule has 2 atom stereocenters. The minimum Gasteiger partial charge on any atom is -0.469 e. The molecule has 2 aromatic heterocycles. The third-order valence-electron chi connectivity index (χ3n) is 3.09. The summed E-state index contributed by atoms with van der Waals surface area (Å²) >= 11 is 0. The zero-order valence-electron chi connectivity index (χ0n) is 11.3. The summed E-state index contributed by atoms with van der Waals surface area (Å²) < 4.78 is 18.2. The van der Waals surface area contributed by atoms with Crippen molar-refractivity contribution >= 4 is 0 Å². The fourth-order valence-electron chi connectivity index (χ4n) is 2.14. The van der Waals surface area contributed by atoms with Crippen LogP contribution in [0.25, 0.3) is 0 Å². The average Bonchev–Trinajstić information content (AvgIpc) is 2.90. The lowest BCUT2D eigenvalue weighted by atomic mass is 10.1. The van der Waals surface area contributed by atoms with Gasteiger partial charge < -0.3 is 9.73 Å². The van der Waals surface area contributed by atoms with Gasteiger partial charge in [-0.15, -0.1) is 0 Å². The maximum atomic E-state index is 12.9. The van der Waals surface area contributed by atoms with E-state index in [0.29, 0.717) is 0 Å². The first-order valence-corrected chi connectivity index (χ1v) is 6.59. The molecule has 0 bridgehead atoms. The highest BCUT2D eigenvalue weighted by Gasteiger charge is 2.14. The fraction of sp³-hybridized carbons (Fsp3) is 0.400. The second kappa shape index (κ2) is 6.48. The van der Waals surface area contributed by atoms with Crippen LogP contribution in [0.15, 0.2) is 41.1 Å². The van der Waals surface area contributed by atoms with Crippen LogP contribution < -0.4 is 5.32 Å². The number of aromatic nitrogens is 1. The molecule has 2 unspecified atom stereocenters. The maximum absolute atomic E-state index is 12.9. The number of rotatable bonds is 6. The van der Waals surface area contributed by atoms with Gasteiger partial charge in [0.25, 0.3) is 0 Å². The van der Waals surface area contributed by atoms with Crippen molar-refractivity contribution in [3.63, 3.8) is 0 Å². The van der Waals surface area contributed by atoms with Crippen molar-refractivity contribution in [1.29, 1.82) is 0 Å². The molecular weight excluding hydrogens is 243 g/mol. The Morgan fingerprint density at radius 3 is 2.79 bits per heavy atom. The maximum Gasteiger partial charge on any atom is 0.141 e. The van der Waals surface area contributed by atoms with Crippen LogP contribution in [0.3, 0.4) is 0 Å². The first-order chi connectivity index (χ1) is 9.19. The number of halogens is 1. The molecule has 0 aromatic carbocycles. The van der Waals surface area contributed by atoms with Gasteiger partial charge in [0.05, 0.1) is 18.2 Å². The van der Waals surface area contributed by atoms with E-state index >= 15 is 0 Å². The molecule has 0 fully saturated rings. The molecule has 0 spiro atoms. The normalized spacial score (nSPS) is 14.3. The minimum atomic E-state index is -0.303. The van der Waals surface area contributed by atoms with Crippen molar-refractivity contribution in [1.82, 2.24) is 10.3 Å². The highest BCUT2D eigenvalue weighted by Crippen LogP contribution is 2.16. The van der Waals surface area contributed by atoms with E-state index in [9.17, 15) is 4.39 Å². The van der Waals surface area contributed by atoms with Crippen molar-refractivity contribution in [2.45, 2.75) is 38.8 Å². The Balaban J connectivity index is 1.96. The number of hydrogen-bond acceptors (Lipinski definition) is 3. The van der Waals surface area contributed by atoms with E-state index in [1.807, 2.05) is 12.1 Å². The Kier molecular flexibility index (Phi) is 4.68. The summed E-state index contributed by atoms with van der Waals surface area (Å²) in [7, 11) is 0. The van der Waals surface area contributed by atoms with Gasteiger partial charge in [0, 0.05) is 18.5 Å². The minimum absolute atomic E-state index is 0.130. The highest BCUT2D eigenvalue weighted by molar-refractivity contribution is 5.10. The number of nitrogens with zero attached hydrogens (tertiary/aromatic N) is 1. The standard InChI is InChI=1S/C15H19FN2O/c1-3-14(15-7-6-12(16)10-17-15)18-11(2)9-13-5-4-8-19-13/h4-8,10-11,14,18H,3,9H2,1-2H3. The van der Waals surface area contributed by atoms with Crippen molar-refractivity contribution in [3.05, 3.63) is 54.0 Å². The van der Waals surface area contributed by atoms with E-state index in [1.54, 1.807) is 12.3 Å². The molecule has 0 aliphatic rings. The average molecular weight is 262 g/mol. The lowest BCUT2D eigenvalue weighted by Gasteiger charge is -2.21. The van der Waals surface area contributed by atoms with Gasteiger partial charge in [-0.3, -0.25) is 4.98 Å². The van der Waals surface area contributed by atoms with Gasteiger partial charge in [0.1, 0.15) is 11.6 Å². The molecule has 4 heteroatoms. The van der Waals surface area contributed by atoms with Crippen molar-refractivity contribution < 1.29 is 8.81 Å². The Labute approximate surface area is 112 Å². The summed E-state index contributed by atoms with van der Waals surface area (Å²) in [6.07, 6.45) is 4.67. The second-order valence-corrected chi connectivity index (χ2v) is 4.71. The third kappa shape index (κ3) is 3.89. The van der Waals surface area contributed by atoms with Crippen LogP contribution in [0, 0.1) is 5.82 Å². The Bertz CT molecular complexity index is 481. The van der Waals surface area contributed by atoms with Crippen LogP contribution in [0.2, 0.25) is 0 Å². The first-order valence-electron chi connectivity index (χ1n) is 6.59. The first kappa shape index (κ1) is 13.7. The van der Waals surface area contributed by atoms with Gasteiger partial charge in [-0.05, 0) is 37.6 Å². The Morgan fingerprint density at radius 2 is 2.21 bits per heavy atom. The van der Waals surface area contributed by atoms with Crippen LogP contribution in [0.1, 0.15) is 37.8 Å². The van der Waals surface area contributed by atoms with Gasteiger partial charge in [-0.2, -0.15) is 0 Å². The van der Waals surface area contributed by atoms with Gasteiger partial charge in [0.2, 0.25) is 0 Å². The summed E-state index contributed by atoms with van der Waals surface area (Å²) in [5, 5.41) is 3.50. The van der Waals surface area contributed by atoms with Crippen LogP contribution in [-0.4, -0.2) is 11.0 Å². The second-order valence-electron chi connectivity index (χ2n) is 4.71. The molecule has 0 amide bonds. The molecule has 0 radical (unpaired) electrons. The number of pyridine rings is 1. The molecule has 2 aromatic rings. The van der Waals surface area contributed by atoms with Crippen LogP contribution in [0.4, 0.5) is 4.39 Å². The predicted molar refractivity (Wildman–Crippen MR) is 72.2 cm³/mol. The van der Waals surface area contributed by atoms with Crippen molar-refractivity contribution in [2.24, 2.45) is 0 Å². The van der Waals surface area contributed by atoms with Crippen LogP contribution >= 0.6 is 0 Å². The molecule has 1 N–H and O–H groups in total. The lowest BCUT2D eigenvalue weighted by Crippen LogP contribution is -2.32. The Morgan fingerprint density at radius 1 is 1.37 bits per heavy atom. The molecule has 0 saturated carbocycles. The lowest BCUT2D eigenvalue weighted by molar-refractivity contribution is 0.405. The quantitative estimate of drug-likeness (QED) is 0.866. The topological polar surface area (TPSA) is 38.1 Å². The zero-order chi connectivity index (χ0) is 13.7. The van der Waals surface area contributed by atoms with E-state index in [1.165, 1.54) is 12.3 Å². The van der Waals surface area contributed by atoms with Gasteiger partial charge in [-0.1, -0.05) is 6.92 Å². The summed E-state index contributed by atoms with van der Waals surface area (Å²) in [5.74, 6) is 0.657. The molecule has 0 saturated heterocycles. The SMILES string of the molecule is CCC(NC(C)Cc1ccco1)c1ccc(F)cn1. The summed E-state index contributed by atoms with van der Waals surface area (Å²) in [4.78, 5) is 4.14. The summed E-state index contributed by atoms with van der Waals surface area (Å²) in [5.41, 5.74) is 0.871. The molecule has 2 rings (SSSR count). The largest absolute Gasteiger partial charge is 0.469 e. The van der Waals surface area contributed by atoms with E-state index in [2.05, 4.69) is 24.1 Å². The molecule has 0 aliphatic carbocycles. The predicted octanol–water partition coefficient (Wildman–Crippen LogP) is 3.49. The smallest absolute Gasteiger partial charge is 0.141 e. The molecular formula is C15H19FN2O. The highest BCUT2D eigenvalue weighted by atomic mass is 19.1. The monoisotopic (exact) mass is 262 g/mol. The molecule has 0 aliphatic heterocycles. The number of hydrogen-bond donors (Lipinski definition) is 1. The number of nitrogens with one attached hydrogen (secondary N) is 1. The van der Waals surface area contributed by atoms with Crippen molar-refractivity contribution in [2.75, 3.05) is 0 Å². The van der Waals surface area contributed by atoms with Gasteiger partial charge in [-0.25, -0.2) is 4.39 Å². The van der Waals surface area contributed by atoms with E-state index in [4.69, 9.17) is 4.42 Å². The van der Waals surface area contributed by atoms with E-state index < -0.39 is 0 Å². The van der Waals surface area contributed by atoms with Gasteiger partial charge >= 0.3 is 0 Å². The van der Waals surface area contributed by atoms with Crippen LogP contribution in [0.5, 0.6) is 0 Å². The van der Waals surface area contributed by atoms with E-state index in [-0.39, 0.29) is 17.9 Å². The third-order valence-corrected chi connectivity index (χ3v) is 3.09. The fourth-order valence-corrected chi connectivity index (χ4v) is 2.14. The summed E-state index contributed by atoms with van der Waals surface area (Å²) in [6, 6.07) is 7.43. The molecule has 3 nitrogen and oxygen atoms in total. The molecule has 19 heavy (non-hydrogen) atoms.